The van der Waals surface area contributed by atoms with Crippen LogP contribution >= 0.6 is 0 Å². The highest BCUT2D eigenvalue weighted by Crippen LogP contribution is 2.30. The maximum absolute atomic E-state index is 12.5. The molecular weight excluding hydrogens is 299 g/mol. The van der Waals surface area contributed by atoms with Gasteiger partial charge in [0.05, 0.1) is 5.56 Å². The molecule has 0 heterocycles. The summed E-state index contributed by atoms with van der Waals surface area (Å²) in [5.41, 5.74) is 8.51. The van der Waals surface area contributed by atoms with Crippen LogP contribution in [0.5, 0.6) is 0 Å². The van der Waals surface area contributed by atoms with E-state index in [2.05, 4.69) is 13.0 Å². The molecule has 0 spiro atoms. The third kappa shape index (κ3) is 4.58. The third-order valence-electron chi connectivity index (χ3n) is 4.38. The van der Waals surface area contributed by atoms with E-state index in [0.29, 0.717) is 0 Å². The van der Waals surface area contributed by atoms with Crippen molar-refractivity contribution < 1.29 is 13.2 Å². The van der Waals surface area contributed by atoms with Crippen LogP contribution in [-0.4, -0.2) is 5.54 Å². The van der Waals surface area contributed by atoms with E-state index >= 15 is 0 Å². The first-order chi connectivity index (χ1) is 10.7. The third-order valence-corrected chi connectivity index (χ3v) is 4.38. The maximum Gasteiger partial charge on any atom is 0.416 e. The number of hydrogen-bond donors (Lipinski definition) is 1. The molecule has 0 radical (unpaired) electrons. The number of halogens is 3. The Morgan fingerprint density at radius 3 is 2.17 bits per heavy atom. The van der Waals surface area contributed by atoms with Crippen molar-refractivity contribution in [3.63, 3.8) is 0 Å². The van der Waals surface area contributed by atoms with Gasteiger partial charge in [-0.2, -0.15) is 13.2 Å². The Morgan fingerprint density at radius 1 is 1.04 bits per heavy atom. The molecule has 0 fully saturated rings. The molecule has 0 saturated carbocycles. The zero-order valence-electron chi connectivity index (χ0n) is 13.5. The lowest BCUT2D eigenvalue weighted by Crippen LogP contribution is -2.37. The quantitative estimate of drug-likeness (QED) is 0.779. The molecule has 0 aliphatic heterocycles. The Labute approximate surface area is 135 Å². The van der Waals surface area contributed by atoms with Gasteiger partial charge in [0, 0.05) is 5.54 Å². The highest BCUT2D eigenvalue weighted by Gasteiger charge is 2.29. The van der Waals surface area contributed by atoms with Crippen molar-refractivity contribution in [3.8, 4) is 0 Å². The molecule has 2 N–H and O–H groups in total. The van der Waals surface area contributed by atoms with Gasteiger partial charge in [0.2, 0.25) is 0 Å². The smallest absolute Gasteiger partial charge is 0.322 e. The first-order valence-corrected chi connectivity index (χ1v) is 7.77. The van der Waals surface area contributed by atoms with Crippen LogP contribution in [0.2, 0.25) is 0 Å². The maximum atomic E-state index is 12.5. The number of alkyl halides is 3. The first-order valence-electron chi connectivity index (χ1n) is 7.77. The van der Waals surface area contributed by atoms with Crippen LogP contribution in [0.1, 0.15) is 44.2 Å². The molecule has 124 valence electrons. The van der Waals surface area contributed by atoms with Crippen molar-refractivity contribution in [1.29, 1.82) is 0 Å². The summed E-state index contributed by atoms with van der Waals surface area (Å²) in [7, 11) is 0. The van der Waals surface area contributed by atoms with Crippen molar-refractivity contribution in [2.24, 2.45) is 5.73 Å². The molecule has 2 rings (SSSR count). The van der Waals surface area contributed by atoms with Gasteiger partial charge in [-0.15, -0.1) is 0 Å². The second-order valence-corrected chi connectivity index (χ2v) is 6.16. The van der Waals surface area contributed by atoms with E-state index in [0.717, 1.165) is 42.5 Å². The van der Waals surface area contributed by atoms with E-state index in [4.69, 9.17) is 5.73 Å². The molecule has 1 aromatic rings. The average molecular weight is 321 g/mol. The number of rotatable bonds is 4. The average Bonchev–Trinajstić information content (AvgIpc) is 2.53. The van der Waals surface area contributed by atoms with Crippen molar-refractivity contribution >= 4 is 6.08 Å². The lowest BCUT2D eigenvalue weighted by molar-refractivity contribution is -0.137. The fourth-order valence-electron chi connectivity index (χ4n) is 2.48. The molecule has 1 aliphatic carbocycles. The minimum atomic E-state index is -4.29. The van der Waals surface area contributed by atoms with E-state index in [9.17, 15) is 13.2 Å². The van der Waals surface area contributed by atoms with Crippen LogP contribution in [0.25, 0.3) is 6.08 Å². The molecular formula is C19H22F3N. The zero-order chi connectivity index (χ0) is 17.1. The van der Waals surface area contributed by atoms with E-state index < -0.39 is 11.7 Å². The predicted octanol–water partition coefficient (Wildman–Crippen LogP) is 5.49. The molecule has 1 unspecified atom stereocenters. The van der Waals surface area contributed by atoms with E-state index in [-0.39, 0.29) is 5.54 Å². The molecule has 1 atom stereocenters. The van der Waals surface area contributed by atoms with Gasteiger partial charge in [-0.05, 0) is 49.5 Å². The van der Waals surface area contributed by atoms with Crippen molar-refractivity contribution in [2.45, 2.75) is 44.8 Å². The Kier molecular flexibility index (Phi) is 5.15. The molecule has 1 nitrogen and oxygen atoms in total. The number of nitrogens with two attached hydrogens (primary N) is 1. The highest BCUT2D eigenvalue weighted by atomic mass is 19.4. The summed E-state index contributed by atoms with van der Waals surface area (Å²) >= 11 is 0. The fourth-order valence-corrected chi connectivity index (χ4v) is 2.48. The second-order valence-electron chi connectivity index (χ2n) is 6.16. The lowest BCUT2D eigenvalue weighted by atomic mass is 9.83. The SMILES string of the molecule is CCC(C)(N)C1=CC=C(/C=C/c2ccc(C(F)(F)F)cc2)CC1. The van der Waals surface area contributed by atoms with Crippen LogP contribution in [0.3, 0.4) is 0 Å². The van der Waals surface area contributed by atoms with Gasteiger partial charge in [-0.1, -0.05) is 48.9 Å². The molecule has 1 aliphatic rings. The van der Waals surface area contributed by atoms with Crippen molar-refractivity contribution in [1.82, 2.24) is 0 Å². The number of allylic oxidation sites excluding steroid dienone is 4. The van der Waals surface area contributed by atoms with Gasteiger partial charge in [-0.25, -0.2) is 0 Å². The molecule has 4 heteroatoms. The summed E-state index contributed by atoms with van der Waals surface area (Å²) in [5.74, 6) is 0. The van der Waals surface area contributed by atoms with Crippen LogP contribution in [-0.2, 0) is 6.18 Å². The monoisotopic (exact) mass is 321 g/mol. The molecule has 0 aromatic heterocycles. The number of benzene rings is 1. The zero-order valence-corrected chi connectivity index (χ0v) is 13.5. The van der Waals surface area contributed by atoms with Crippen LogP contribution in [0.4, 0.5) is 13.2 Å². The second kappa shape index (κ2) is 6.75. The van der Waals surface area contributed by atoms with E-state index in [1.807, 2.05) is 25.2 Å². The van der Waals surface area contributed by atoms with Gasteiger partial charge in [0.15, 0.2) is 0 Å². The molecule has 0 bridgehead atoms. The lowest BCUT2D eigenvalue weighted by Gasteiger charge is -2.28. The summed E-state index contributed by atoms with van der Waals surface area (Å²) in [6.45, 7) is 4.11. The molecule has 0 saturated heterocycles. The molecule has 1 aromatic carbocycles. The van der Waals surface area contributed by atoms with Gasteiger partial charge in [0.1, 0.15) is 0 Å². The fraction of sp³-hybridized carbons (Fsp3) is 0.368. The minimum absolute atomic E-state index is 0.265. The van der Waals surface area contributed by atoms with Crippen molar-refractivity contribution in [3.05, 3.63) is 64.8 Å². The Hall–Kier alpha value is -1.81. The van der Waals surface area contributed by atoms with E-state index in [1.54, 1.807) is 0 Å². The van der Waals surface area contributed by atoms with Crippen molar-refractivity contribution in [2.75, 3.05) is 0 Å². The predicted molar refractivity (Wildman–Crippen MR) is 88.8 cm³/mol. The Bertz CT molecular complexity index is 632. The summed E-state index contributed by atoms with van der Waals surface area (Å²) in [5, 5.41) is 0. The Morgan fingerprint density at radius 2 is 1.70 bits per heavy atom. The van der Waals surface area contributed by atoms with Gasteiger partial charge in [0.25, 0.3) is 0 Å². The standard InChI is InChI=1S/C19H22F3N/c1-3-18(2,23)16-10-6-14(7-11-16)4-5-15-8-12-17(13-9-15)19(20,21)22/h4-6,8-10,12-13H,3,7,11,23H2,1-2H3/b5-4+. The summed E-state index contributed by atoms with van der Waals surface area (Å²) in [4.78, 5) is 0. The topological polar surface area (TPSA) is 26.0 Å². The van der Waals surface area contributed by atoms with Gasteiger partial charge < -0.3 is 5.73 Å². The van der Waals surface area contributed by atoms with Crippen LogP contribution in [0, 0.1) is 0 Å². The first kappa shape index (κ1) is 17.5. The Balaban J connectivity index is 2.07. The van der Waals surface area contributed by atoms with E-state index in [1.165, 1.54) is 17.7 Å². The highest BCUT2D eigenvalue weighted by molar-refractivity contribution is 5.54. The number of hydrogen-bond acceptors (Lipinski definition) is 1. The normalized spacial score (nSPS) is 18.5. The van der Waals surface area contributed by atoms with Gasteiger partial charge >= 0.3 is 6.18 Å². The minimum Gasteiger partial charge on any atom is -0.322 e. The largest absolute Gasteiger partial charge is 0.416 e. The van der Waals surface area contributed by atoms with Crippen LogP contribution in [0.15, 0.2) is 53.6 Å². The molecule has 23 heavy (non-hydrogen) atoms. The molecule has 0 amide bonds. The van der Waals surface area contributed by atoms with Gasteiger partial charge in [-0.3, -0.25) is 0 Å². The summed E-state index contributed by atoms with van der Waals surface area (Å²) < 4.78 is 37.5. The summed E-state index contributed by atoms with van der Waals surface area (Å²) in [6.07, 6.45) is 6.33. The van der Waals surface area contributed by atoms with Crippen LogP contribution < -0.4 is 5.73 Å². The summed E-state index contributed by atoms with van der Waals surface area (Å²) in [6, 6.07) is 5.18.